The van der Waals surface area contributed by atoms with Crippen molar-refractivity contribution in [3.8, 4) is 0 Å². The molecule has 0 amide bonds. The van der Waals surface area contributed by atoms with Gasteiger partial charge >= 0.3 is 5.97 Å². The van der Waals surface area contributed by atoms with Crippen LogP contribution in [0.1, 0.15) is 20.7 Å². The van der Waals surface area contributed by atoms with E-state index in [0.717, 1.165) is 0 Å². The monoisotopic (exact) mass is 247 g/mol. The molecule has 0 saturated carbocycles. The van der Waals surface area contributed by atoms with Gasteiger partial charge in [-0.25, -0.2) is 18.0 Å². The third-order valence-electron chi connectivity index (χ3n) is 2.01. The summed E-state index contributed by atoms with van der Waals surface area (Å²) in [6, 6.07) is 0.377. The number of hydrogen-bond acceptors (Lipinski definition) is 3. The number of Topliss-reactive ketones (excluding diaryl/α,β-unsaturated/α-hetero) is 1. The van der Waals surface area contributed by atoms with Crippen molar-refractivity contribution in [1.29, 1.82) is 0 Å². The van der Waals surface area contributed by atoms with Crippen LogP contribution in [0.4, 0.5) is 13.2 Å². The van der Waals surface area contributed by atoms with Crippen molar-refractivity contribution >= 4 is 11.8 Å². The minimum absolute atomic E-state index is 0.317. The summed E-state index contributed by atoms with van der Waals surface area (Å²) in [7, 11) is 1.40. The fourth-order valence-electron chi connectivity index (χ4n) is 1.25. The predicted molar refractivity (Wildman–Crippen MR) is 51.5 cm³/mol. The van der Waals surface area contributed by atoms with E-state index >= 15 is 0 Å². The van der Waals surface area contributed by atoms with E-state index in [9.17, 15) is 22.8 Å². The lowest BCUT2D eigenvalue weighted by Gasteiger charge is -2.06. The first-order chi connectivity index (χ1) is 7.90. The van der Waals surface area contributed by atoms with Crippen LogP contribution in [0.5, 0.6) is 0 Å². The second-order valence-electron chi connectivity index (χ2n) is 3.17. The molecule has 1 aromatic carbocycles. The Hall–Kier alpha value is -1.89. The van der Waals surface area contributed by atoms with E-state index in [4.69, 9.17) is 5.11 Å². The van der Waals surface area contributed by atoms with Crippen LogP contribution in [-0.2, 0) is 0 Å². The van der Waals surface area contributed by atoms with Crippen molar-refractivity contribution < 1.29 is 27.9 Å². The molecular weight excluding hydrogens is 239 g/mol. The molecule has 17 heavy (non-hydrogen) atoms. The lowest BCUT2D eigenvalue weighted by atomic mass is 10.1. The molecule has 0 fully saturated rings. The number of hydrogen-bond donors (Lipinski definition) is 2. The zero-order chi connectivity index (χ0) is 13.2. The fourth-order valence-corrected chi connectivity index (χ4v) is 1.25. The number of benzene rings is 1. The van der Waals surface area contributed by atoms with Gasteiger partial charge < -0.3 is 10.4 Å². The maximum Gasteiger partial charge on any atom is 0.341 e. The van der Waals surface area contributed by atoms with Crippen LogP contribution in [0, 0.1) is 17.5 Å². The molecule has 0 spiro atoms. The topological polar surface area (TPSA) is 66.4 Å². The van der Waals surface area contributed by atoms with E-state index in [0.29, 0.717) is 6.07 Å². The van der Waals surface area contributed by atoms with Crippen molar-refractivity contribution in [1.82, 2.24) is 5.32 Å². The van der Waals surface area contributed by atoms with E-state index < -0.39 is 40.3 Å². The standard InChI is InChI=1S/C10H8F3NO3/c1-14-3-6(15)4-2-5(11)7(10(16)17)9(13)8(4)12/h2,14H,3H2,1H3,(H,16,17). The van der Waals surface area contributed by atoms with Crippen molar-refractivity contribution in [3.63, 3.8) is 0 Å². The number of ketones is 1. The van der Waals surface area contributed by atoms with Crippen LogP contribution < -0.4 is 5.32 Å². The van der Waals surface area contributed by atoms with Gasteiger partial charge in [0.05, 0.1) is 12.1 Å². The molecule has 0 unspecified atom stereocenters. The second-order valence-corrected chi connectivity index (χ2v) is 3.17. The van der Waals surface area contributed by atoms with Crippen LogP contribution >= 0.6 is 0 Å². The Kier molecular flexibility index (Phi) is 3.84. The molecule has 1 rings (SSSR count). The summed E-state index contributed by atoms with van der Waals surface area (Å²) in [6.07, 6.45) is 0. The Bertz CT molecular complexity index is 488. The summed E-state index contributed by atoms with van der Waals surface area (Å²) in [5.41, 5.74) is -2.23. The Labute approximate surface area is 94.1 Å². The molecule has 0 aliphatic rings. The summed E-state index contributed by atoms with van der Waals surface area (Å²) < 4.78 is 39.7. The summed E-state index contributed by atoms with van der Waals surface area (Å²) in [5, 5.41) is 10.9. The Morgan fingerprint density at radius 1 is 1.29 bits per heavy atom. The number of rotatable bonds is 4. The van der Waals surface area contributed by atoms with E-state index in [1.165, 1.54) is 7.05 Å². The Morgan fingerprint density at radius 2 is 1.88 bits per heavy atom. The van der Waals surface area contributed by atoms with Crippen molar-refractivity contribution in [2.24, 2.45) is 0 Å². The molecule has 0 aromatic heterocycles. The van der Waals surface area contributed by atoms with Gasteiger partial charge in [0.25, 0.3) is 0 Å². The molecule has 0 saturated heterocycles. The average molecular weight is 247 g/mol. The molecular formula is C10H8F3NO3. The van der Waals surface area contributed by atoms with Gasteiger partial charge in [-0.2, -0.15) is 0 Å². The first kappa shape index (κ1) is 13.2. The number of nitrogens with one attached hydrogen (secondary N) is 1. The maximum atomic E-state index is 13.3. The first-order valence-corrected chi connectivity index (χ1v) is 4.48. The largest absolute Gasteiger partial charge is 0.477 e. The highest BCUT2D eigenvalue weighted by molar-refractivity contribution is 5.99. The minimum atomic E-state index is -1.94. The van der Waals surface area contributed by atoms with Crippen molar-refractivity contribution in [2.45, 2.75) is 0 Å². The van der Waals surface area contributed by atoms with Crippen LogP contribution in [-0.4, -0.2) is 30.5 Å². The molecule has 0 atom stereocenters. The normalized spacial score (nSPS) is 10.4. The molecule has 0 heterocycles. The quantitative estimate of drug-likeness (QED) is 0.619. The summed E-state index contributed by atoms with van der Waals surface area (Å²) in [6.45, 7) is -0.317. The van der Waals surface area contributed by atoms with E-state index in [-0.39, 0.29) is 6.54 Å². The molecule has 92 valence electrons. The number of carboxylic acids is 1. The molecule has 0 aliphatic heterocycles. The highest BCUT2D eigenvalue weighted by Gasteiger charge is 2.25. The Balaban J connectivity index is 3.39. The van der Waals surface area contributed by atoms with Gasteiger partial charge in [-0.05, 0) is 13.1 Å². The number of carbonyl (C=O) groups excluding carboxylic acids is 1. The summed E-state index contributed by atoms with van der Waals surface area (Å²) in [5.74, 6) is -7.84. The molecule has 1 aromatic rings. The number of halogens is 3. The second kappa shape index (κ2) is 4.96. The van der Waals surface area contributed by atoms with Gasteiger partial charge in [-0.3, -0.25) is 4.79 Å². The molecule has 0 aliphatic carbocycles. The van der Waals surface area contributed by atoms with E-state index in [1.807, 2.05) is 0 Å². The third-order valence-corrected chi connectivity index (χ3v) is 2.01. The van der Waals surface area contributed by atoms with Gasteiger partial charge in [0.1, 0.15) is 11.4 Å². The smallest absolute Gasteiger partial charge is 0.341 e. The Morgan fingerprint density at radius 3 is 2.35 bits per heavy atom. The highest BCUT2D eigenvalue weighted by atomic mass is 19.2. The SMILES string of the molecule is CNCC(=O)c1cc(F)c(C(=O)O)c(F)c1F. The third kappa shape index (κ3) is 2.44. The van der Waals surface area contributed by atoms with E-state index in [2.05, 4.69) is 5.32 Å². The average Bonchev–Trinajstić information content (AvgIpc) is 2.23. The number of carbonyl (C=O) groups is 2. The zero-order valence-electron chi connectivity index (χ0n) is 8.68. The molecule has 4 nitrogen and oxygen atoms in total. The van der Waals surface area contributed by atoms with Gasteiger partial charge in [-0.1, -0.05) is 0 Å². The first-order valence-electron chi connectivity index (χ1n) is 4.48. The molecule has 7 heteroatoms. The molecule has 0 bridgehead atoms. The zero-order valence-corrected chi connectivity index (χ0v) is 8.68. The van der Waals surface area contributed by atoms with Crippen LogP contribution in [0.3, 0.4) is 0 Å². The minimum Gasteiger partial charge on any atom is -0.477 e. The number of carboxylic acid groups (broad SMARTS) is 1. The lowest BCUT2D eigenvalue weighted by molar-refractivity contribution is 0.0684. The number of likely N-dealkylation sites (N-methyl/N-ethyl adjacent to an activating group) is 1. The summed E-state index contributed by atoms with van der Waals surface area (Å²) >= 11 is 0. The fraction of sp³-hybridized carbons (Fsp3) is 0.200. The highest BCUT2D eigenvalue weighted by Crippen LogP contribution is 2.20. The number of aromatic carboxylic acids is 1. The van der Waals surface area contributed by atoms with Gasteiger partial charge in [0.15, 0.2) is 17.4 Å². The van der Waals surface area contributed by atoms with Crippen molar-refractivity contribution in [2.75, 3.05) is 13.6 Å². The molecule has 2 N–H and O–H groups in total. The van der Waals surface area contributed by atoms with Crippen LogP contribution in [0.2, 0.25) is 0 Å². The van der Waals surface area contributed by atoms with Crippen molar-refractivity contribution in [3.05, 3.63) is 34.6 Å². The van der Waals surface area contributed by atoms with Crippen LogP contribution in [0.25, 0.3) is 0 Å². The van der Waals surface area contributed by atoms with Gasteiger partial charge in [-0.15, -0.1) is 0 Å². The molecule has 0 radical (unpaired) electrons. The predicted octanol–water partition coefficient (Wildman–Crippen LogP) is 1.20. The van der Waals surface area contributed by atoms with E-state index in [1.54, 1.807) is 0 Å². The van der Waals surface area contributed by atoms with Crippen LogP contribution in [0.15, 0.2) is 6.07 Å². The maximum absolute atomic E-state index is 13.3. The van der Waals surface area contributed by atoms with Gasteiger partial charge in [0.2, 0.25) is 0 Å². The summed E-state index contributed by atoms with van der Waals surface area (Å²) in [4.78, 5) is 21.7. The van der Waals surface area contributed by atoms with Gasteiger partial charge in [0, 0.05) is 0 Å². The lowest BCUT2D eigenvalue weighted by Crippen LogP contribution is -2.21.